The molecule has 0 fully saturated rings. The third-order valence-electron chi connectivity index (χ3n) is 4.13. The van der Waals surface area contributed by atoms with E-state index < -0.39 is 0 Å². The molecule has 0 amide bonds. The molecular formula is C20H32N6. The van der Waals surface area contributed by atoms with Gasteiger partial charge in [0.1, 0.15) is 12.7 Å². The SMILES string of the molecule is CCNC(=NCc1cccc(Cn2cncn2)c1)NC(C)CCC(C)C. The van der Waals surface area contributed by atoms with Gasteiger partial charge < -0.3 is 10.6 Å². The van der Waals surface area contributed by atoms with Gasteiger partial charge in [0.05, 0.1) is 13.1 Å². The average Bonchev–Trinajstić information content (AvgIpc) is 3.11. The van der Waals surface area contributed by atoms with E-state index in [9.17, 15) is 0 Å². The zero-order valence-corrected chi connectivity index (χ0v) is 16.4. The van der Waals surface area contributed by atoms with Crippen LogP contribution in [0.3, 0.4) is 0 Å². The summed E-state index contributed by atoms with van der Waals surface area (Å²) in [5.74, 6) is 1.61. The fourth-order valence-corrected chi connectivity index (χ4v) is 2.71. The number of hydrogen-bond acceptors (Lipinski definition) is 3. The standard InChI is InChI=1S/C20H32N6/c1-5-22-20(25-17(4)10-9-16(2)3)23-12-18-7-6-8-19(11-18)13-26-15-21-14-24-26/h6-8,11,14-17H,5,9-10,12-13H2,1-4H3,(H2,22,23,25). The van der Waals surface area contributed by atoms with Crippen LogP contribution >= 0.6 is 0 Å². The van der Waals surface area contributed by atoms with E-state index >= 15 is 0 Å². The van der Waals surface area contributed by atoms with Crippen LogP contribution in [0, 0.1) is 5.92 Å². The van der Waals surface area contributed by atoms with Gasteiger partial charge in [0.25, 0.3) is 0 Å². The summed E-state index contributed by atoms with van der Waals surface area (Å²) in [4.78, 5) is 8.74. The number of nitrogens with zero attached hydrogens (tertiary/aromatic N) is 4. The topological polar surface area (TPSA) is 67.1 Å². The first kappa shape index (κ1) is 19.9. The molecule has 2 aromatic rings. The summed E-state index contributed by atoms with van der Waals surface area (Å²) in [6.07, 6.45) is 5.66. The Morgan fingerprint density at radius 3 is 2.69 bits per heavy atom. The van der Waals surface area contributed by atoms with E-state index in [0.29, 0.717) is 12.6 Å². The predicted octanol–water partition coefficient (Wildman–Crippen LogP) is 3.21. The van der Waals surface area contributed by atoms with E-state index in [1.165, 1.54) is 17.5 Å². The summed E-state index contributed by atoms with van der Waals surface area (Å²) >= 11 is 0. The predicted molar refractivity (Wildman–Crippen MR) is 107 cm³/mol. The summed E-state index contributed by atoms with van der Waals surface area (Å²) in [6.45, 7) is 11.1. The summed E-state index contributed by atoms with van der Waals surface area (Å²) < 4.78 is 1.82. The number of nitrogens with one attached hydrogen (secondary N) is 2. The monoisotopic (exact) mass is 356 g/mol. The molecule has 142 valence electrons. The molecule has 1 aromatic carbocycles. The van der Waals surface area contributed by atoms with Crippen molar-refractivity contribution in [3.63, 3.8) is 0 Å². The van der Waals surface area contributed by atoms with Gasteiger partial charge in [-0.25, -0.2) is 14.7 Å². The van der Waals surface area contributed by atoms with Gasteiger partial charge in [0, 0.05) is 12.6 Å². The van der Waals surface area contributed by atoms with Gasteiger partial charge in [-0.2, -0.15) is 5.10 Å². The second-order valence-corrected chi connectivity index (χ2v) is 7.12. The molecular weight excluding hydrogens is 324 g/mol. The quantitative estimate of drug-likeness (QED) is 0.535. The third-order valence-corrected chi connectivity index (χ3v) is 4.13. The highest BCUT2D eigenvalue weighted by Crippen LogP contribution is 2.09. The van der Waals surface area contributed by atoms with Crippen LogP contribution < -0.4 is 10.6 Å². The number of hydrogen-bond donors (Lipinski definition) is 2. The molecule has 0 aliphatic rings. The molecule has 1 heterocycles. The number of aliphatic imine (C=N–C) groups is 1. The highest BCUT2D eigenvalue weighted by atomic mass is 15.3. The summed E-state index contributed by atoms with van der Waals surface area (Å²) in [6, 6.07) is 8.88. The molecule has 0 radical (unpaired) electrons. The van der Waals surface area contributed by atoms with Crippen molar-refractivity contribution < 1.29 is 0 Å². The summed E-state index contributed by atoms with van der Waals surface area (Å²) in [5.41, 5.74) is 2.39. The first-order valence-corrected chi connectivity index (χ1v) is 9.52. The average molecular weight is 357 g/mol. The second kappa shape index (κ2) is 10.6. The van der Waals surface area contributed by atoms with E-state index in [-0.39, 0.29) is 0 Å². The molecule has 0 spiro atoms. The second-order valence-electron chi connectivity index (χ2n) is 7.12. The lowest BCUT2D eigenvalue weighted by Crippen LogP contribution is -2.42. The molecule has 6 heteroatoms. The Morgan fingerprint density at radius 1 is 1.19 bits per heavy atom. The fraction of sp³-hybridized carbons (Fsp3) is 0.550. The Kier molecular flexibility index (Phi) is 8.12. The van der Waals surface area contributed by atoms with Gasteiger partial charge in [0.15, 0.2) is 5.96 Å². The van der Waals surface area contributed by atoms with Crippen molar-refractivity contribution in [3.8, 4) is 0 Å². The molecule has 1 unspecified atom stereocenters. The Bertz CT molecular complexity index is 663. The molecule has 1 aromatic heterocycles. The Morgan fingerprint density at radius 2 is 2.00 bits per heavy atom. The summed E-state index contributed by atoms with van der Waals surface area (Å²) in [7, 11) is 0. The van der Waals surface area contributed by atoms with Gasteiger partial charge >= 0.3 is 0 Å². The molecule has 0 saturated heterocycles. The van der Waals surface area contributed by atoms with Gasteiger partial charge in [-0.05, 0) is 43.7 Å². The van der Waals surface area contributed by atoms with Crippen LogP contribution in [0.5, 0.6) is 0 Å². The van der Waals surface area contributed by atoms with Crippen molar-refractivity contribution in [3.05, 3.63) is 48.0 Å². The largest absolute Gasteiger partial charge is 0.357 e. The molecule has 0 aliphatic heterocycles. The summed E-state index contributed by atoms with van der Waals surface area (Å²) in [5, 5.41) is 11.0. The molecule has 26 heavy (non-hydrogen) atoms. The molecule has 6 nitrogen and oxygen atoms in total. The lowest BCUT2D eigenvalue weighted by molar-refractivity contribution is 0.489. The first-order valence-electron chi connectivity index (χ1n) is 9.52. The van der Waals surface area contributed by atoms with E-state index in [1.807, 2.05) is 4.68 Å². The van der Waals surface area contributed by atoms with E-state index in [0.717, 1.165) is 31.4 Å². The van der Waals surface area contributed by atoms with Crippen molar-refractivity contribution in [2.45, 2.75) is 59.7 Å². The van der Waals surface area contributed by atoms with Crippen LogP contribution in [0.15, 0.2) is 41.9 Å². The van der Waals surface area contributed by atoms with Crippen molar-refractivity contribution in [2.24, 2.45) is 10.9 Å². The number of rotatable bonds is 9. The van der Waals surface area contributed by atoms with Gasteiger partial charge in [0.2, 0.25) is 0 Å². The highest BCUT2D eigenvalue weighted by molar-refractivity contribution is 5.80. The lowest BCUT2D eigenvalue weighted by Gasteiger charge is -2.18. The molecule has 2 rings (SSSR count). The lowest BCUT2D eigenvalue weighted by atomic mass is 10.0. The van der Waals surface area contributed by atoms with Crippen LogP contribution in [-0.4, -0.2) is 33.3 Å². The number of benzene rings is 1. The third kappa shape index (κ3) is 7.25. The maximum Gasteiger partial charge on any atom is 0.191 e. The van der Waals surface area contributed by atoms with Crippen LogP contribution in [0.4, 0.5) is 0 Å². The van der Waals surface area contributed by atoms with Crippen LogP contribution in [0.2, 0.25) is 0 Å². The van der Waals surface area contributed by atoms with Crippen molar-refractivity contribution >= 4 is 5.96 Å². The minimum Gasteiger partial charge on any atom is -0.357 e. The zero-order chi connectivity index (χ0) is 18.8. The number of guanidine groups is 1. The molecule has 0 aliphatic carbocycles. The zero-order valence-electron chi connectivity index (χ0n) is 16.4. The van der Waals surface area contributed by atoms with E-state index in [4.69, 9.17) is 4.99 Å². The normalized spacial score (nSPS) is 13.0. The van der Waals surface area contributed by atoms with Crippen LogP contribution in [0.25, 0.3) is 0 Å². The van der Waals surface area contributed by atoms with Crippen LogP contribution in [0.1, 0.15) is 51.7 Å². The Labute approximate surface area is 157 Å². The maximum absolute atomic E-state index is 4.75. The van der Waals surface area contributed by atoms with Crippen molar-refractivity contribution in [2.75, 3.05) is 6.54 Å². The van der Waals surface area contributed by atoms with E-state index in [2.05, 4.69) is 72.7 Å². The smallest absolute Gasteiger partial charge is 0.191 e. The van der Waals surface area contributed by atoms with Gasteiger partial charge in [-0.3, -0.25) is 0 Å². The minimum atomic E-state index is 0.411. The van der Waals surface area contributed by atoms with Crippen molar-refractivity contribution in [1.29, 1.82) is 0 Å². The Balaban J connectivity index is 1.95. The molecule has 0 bridgehead atoms. The van der Waals surface area contributed by atoms with Gasteiger partial charge in [-0.1, -0.05) is 38.1 Å². The minimum absolute atomic E-state index is 0.411. The highest BCUT2D eigenvalue weighted by Gasteiger charge is 2.06. The first-order chi connectivity index (χ1) is 12.6. The molecule has 1 atom stereocenters. The number of aromatic nitrogens is 3. The molecule has 2 N–H and O–H groups in total. The van der Waals surface area contributed by atoms with Gasteiger partial charge in [-0.15, -0.1) is 0 Å². The van der Waals surface area contributed by atoms with E-state index in [1.54, 1.807) is 12.7 Å². The molecule has 0 saturated carbocycles. The van der Waals surface area contributed by atoms with Crippen molar-refractivity contribution in [1.82, 2.24) is 25.4 Å². The maximum atomic E-state index is 4.75. The Hall–Kier alpha value is -2.37. The van der Waals surface area contributed by atoms with Crippen LogP contribution in [-0.2, 0) is 13.1 Å². The fourth-order valence-electron chi connectivity index (χ4n) is 2.71.